The van der Waals surface area contributed by atoms with Crippen molar-refractivity contribution in [3.63, 3.8) is 0 Å². The molecule has 0 aliphatic carbocycles. The van der Waals surface area contributed by atoms with Crippen molar-refractivity contribution in [3.05, 3.63) is 84.5 Å². The Morgan fingerprint density at radius 3 is 2.21 bits per heavy atom. The Labute approximate surface area is 178 Å². The molecule has 1 aromatic rings. The van der Waals surface area contributed by atoms with Crippen LogP contribution in [0.1, 0.15) is 76.7 Å². The van der Waals surface area contributed by atoms with Gasteiger partial charge in [-0.1, -0.05) is 125 Å². The highest BCUT2D eigenvalue weighted by molar-refractivity contribution is 5.82. The minimum atomic E-state index is -0.309. The second-order valence-electron chi connectivity index (χ2n) is 7.41. The van der Waals surface area contributed by atoms with Crippen molar-refractivity contribution < 1.29 is 9.53 Å². The standard InChI is InChI=1S/C27H38O2/c1-3-4-5-6-7-8-9-10-11-12-13-14-15-16-20-23-27(28)29-24-25(2)26-21-18-17-19-22-26/h11-23,25H,3-10,24H2,1-2H3. The first-order valence-electron chi connectivity index (χ1n) is 11.1. The molecule has 0 heterocycles. The summed E-state index contributed by atoms with van der Waals surface area (Å²) in [6.07, 6.45) is 25.8. The molecule has 0 radical (unpaired) electrons. The summed E-state index contributed by atoms with van der Waals surface area (Å²) in [7, 11) is 0. The lowest BCUT2D eigenvalue weighted by Gasteiger charge is -2.11. The van der Waals surface area contributed by atoms with Crippen molar-refractivity contribution in [2.75, 3.05) is 6.61 Å². The lowest BCUT2D eigenvalue weighted by Crippen LogP contribution is -2.08. The predicted octanol–water partition coefficient (Wildman–Crippen LogP) is 7.70. The number of hydrogen-bond acceptors (Lipinski definition) is 2. The van der Waals surface area contributed by atoms with Gasteiger partial charge in [0.15, 0.2) is 0 Å². The van der Waals surface area contributed by atoms with Crippen molar-refractivity contribution in [1.29, 1.82) is 0 Å². The van der Waals surface area contributed by atoms with E-state index in [2.05, 4.69) is 26.0 Å². The van der Waals surface area contributed by atoms with Crippen LogP contribution in [0.15, 0.2) is 78.9 Å². The Morgan fingerprint density at radius 2 is 1.48 bits per heavy atom. The highest BCUT2D eigenvalue weighted by Crippen LogP contribution is 2.14. The third-order valence-corrected chi connectivity index (χ3v) is 4.74. The van der Waals surface area contributed by atoms with Gasteiger partial charge < -0.3 is 4.74 Å². The summed E-state index contributed by atoms with van der Waals surface area (Å²) in [6, 6.07) is 10.1. The Hall–Kier alpha value is -2.35. The maximum atomic E-state index is 11.7. The van der Waals surface area contributed by atoms with Gasteiger partial charge in [-0.25, -0.2) is 4.79 Å². The van der Waals surface area contributed by atoms with Gasteiger partial charge in [0.25, 0.3) is 0 Å². The lowest BCUT2D eigenvalue weighted by molar-refractivity contribution is -0.138. The van der Waals surface area contributed by atoms with Crippen LogP contribution in [-0.4, -0.2) is 12.6 Å². The molecule has 0 aliphatic rings. The zero-order valence-electron chi connectivity index (χ0n) is 18.3. The molecule has 0 fully saturated rings. The SMILES string of the molecule is CCCCCCCCCC=CC=CC=CC=CC(=O)OCC(C)c1ccccc1. The molecular formula is C27H38O2. The zero-order chi connectivity index (χ0) is 21.0. The van der Waals surface area contributed by atoms with E-state index in [1.165, 1.54) is 56.6 Å². The van der Waals surface area contributed by atoms with Gasteiger partial charge in [-0.3, -0.25) is 0 Å². The smallest absolute Gasteiger partial charge is 0.330 e. The van der Waals surface area contributed by atoms with Crippen LogP contribution in [0.25, 0.3) is 0 Å². The van der Waals surface area contributed by atoms with Gasteiger partial charge in [0.1, 0.15) is 0 Å². The minimum Gasteiger partial charge on any atom is -0.462 e. The van der Waals surface area contributed by atoms with E-state index in [4.69, 9.17) is 4.74 Å². The molecule has 1 atom stereocenters. The van der Waals surface area contributed by atoms with Crippen LogP contribution in [0.4, 0.5) is 0 Å². The summed E-state index contributed by atoms with van der Waals surface area (Å²) < 4.78 is 5.29. The molecule has 1 unspecified atom stereocenters. The van der Waals surface area contributed by atoms with Gasteiger partial charge in [-0.05, 0) is 18.4 Å². The largest absolute Gasteiger partial charge is 0.462 e. The predicted molar refractivity (Wildman–Crippen MR) is 125 cm³/mol. The number of allylic oxidation sites excluding steroid dienone is 7. The molecule has 0 bridgehead atoms. The van der Waals surface area contributed by atoms with Gasteiger partial charge in [-0.15, -0.1) is 0 Å². The average molecular weight is 395 g/mol. The van der Waals surface area contributed by atoms with Crippen molar-refractivity contribution >= 4 is 5.97 Å². The highest BCUT2D eigenvalue weighted by Gasteiger charge is 2.06. The second-order valence-corrected chi connectivity index (χ2v) is 7.41. The van der Waals surface area contributed by atoms with Crippen LogP contribution in [0.3, 0.4) is 0 Å². The maximum Gasteiger partial charge on any atom is 0.330 e. The van der Waals surface area contributed by atoms with Crippen LogP contribution in [0, 0.1) is 0 Å². The fourth-order valence-electron chi connectivity index (χ4n) is 2.92. The molecule has 0 N–H and O–H groups in total. The fraction of sp³-hybridized carbons (Fsp3) is 0.444. The highest BCUT2D eigenvalue weighted by atomic mass is 16.5. The summed E-state index contributed by atoms with van der Waals surface area (Å²) in [5, 5.41) is 0. The first-order valence-corrected chi connectivity index (χ1v) is 11.1. The molecule has 0 aliphatic heterocycles. The first-order chi connectivity index (χ1) is 14.2. The molecule has 1 rings (SSSR count). The Balaban J connectivity index is 2.07. The quantitative estimate of drug-likeness (QED) is 0.132. The molecule has 0 aromatic heterocycles. The van der Waals surface area contributed by atoms with E-state index in [9.17, 15) is 4.79 Å². The number of benzene rings is 1. The molecule has 1 aromatic carbocycles. The van der Waals surface area contributed by atoms with Crippen molar-refractivity contribution in [2.45, 2.75) is 71.1 Å². The van der Waals surface area contributed by atoms with Gasteiger partial charge in [0.05, 0.1) is 6.61 Å². The summed E-state index contributed by atoms with van der Waals surface area (Å²) >= 11 is 0. The van der Waals surface area contributed by atoms with Crippen molar-refractivity contribution in [3.8, 4) is 0 Å². The molecule has 158 valence electrons. The van der Waals surface area contributed by atoms with E-state index in [1.54, 1.807) is 6.08 Å². The number of hydrogen-bond donors (Lipinski definition) is 0. The zero-order valence-corrected chi connectivity index (χ0v) is 18.3. The van der Waals surface area contributed by atoms with Gasteiger partial charge >= 0.3 is 5.97 Å². The lowest BCUT2D eigenvalue weighted by atomic mass is 10.0. The maximum absolute atomic E-state index is 11.7. The minimum absolute atomic E-state index is 0.194. The Kier molecular flexibility index (Phi) is 15.1. The third-order valence-electron chi connectivity index (χ3n) is 4.74. The third kappa shape index (κ3) is 14.3. The number of carbonyl (C=O) groups excluding carboxylic acids is 1. The molecule has 29 heavy (non-hydrogen) atoms. The molecule has 0 spiro atoms. The summed E-state index contributed by atoms with van der Waals surface area (Å²) in [6.45, 7) is 4.70. The first kappa shape index (κ1) is 24.7. The molecule has 2 nitrogen and oxygen atoms in total. The van der Waals surface area contributed by atoms with Crippen LogP contribution < -0.4 is 0 Å². The van der Waals surface area contributed by atoms with E-state index < -0.39 is 0 Å². The number of carbonyl (C=O) groups is 1. The normalized spacial score (nSPS) is 13.2. The number of ether oxygens (including phenoxy) is 1. The van der Waals surface area contributed by atoms with Crippen LogP contribution in [0.2, 0.25) is 0 Å². The van der Waals surface area contributed by atoms with Gasteiger partial charge in [0, 0.05) is 12.0 Å². The second kappa shape index (κ2) is 17.7. The fourth-order valence-corrected chi connectivity index (χ4v) is 2.92. The molecule has 0 saturated heterocycles. The molecule has 0 saturated carbocycles. The van der Waals surface area contributed by atoms with Crippen molar-refractivity contribution in [2.24, 2.45) is 0 Å². The number of rotatable bonds is 15. The number of unbranched alkanes of at least 4 members (excludes halogenated alkanes) is 7. The van der Waals surface area contributed by atoms with Gasteiger partial charge in [-0.2, -0.15) is 0 Å². The van der Waals surface area contributed by atoms with E-state index in [-0.39, 0.29) is 11.9 Å². The molecular weight excluding hydrogens is 356 g/mol. The number of esters is 1. The van der Waals surface area contributed by atoms with Gasteiger partial charge in [0.2, 0.25) is 0 Å². The van der Waals surface area contributed by atoms with E-state index in [0.29, 0.717) is 6.61 Å². The summed E-state index contributed by atoms with van der Waals surface area (Å²) in [5.41, 5.74) is 1.18. The monoisotopic (exact) mass is 394 g/mol. The van der Waals surface area contributed by atoms with E-state index in [0.717, 1.165) is 6.42 Å². The Bertz CT molecular complexity index is 638. The van der Waals surface area contributed by atoms with Crippen LogP contribution in [-0.2, 0) is 9.53 Å². The van der Waals surface area contributed by atoms with E-state index >= 15 is 0 Å². The van der Waals surface area contributed by atoms with Crippen LogP contribution in [0.5, 0.6) is 0 Å². The summed E-state index contributed by atoms with van der Waals surface area (Å²) in [4.78, 5) is 11.7. The topological polar surface area (TPSA) is 26.3 Å². The molecule has 2 heteroatoms. The molecule has 0 amide bonds. The average Bonchev–Trinajstić information content (AvgIpc) is 2.75. The Morgan fingerprint density at radius 1 is 0.862 bits per heavy atom. The van der Waals surface area contributed by atoms with E-state index in [1.807, 2.05) is 54.6 Å². The summed E-state index contributed by atoms with van der Waals surface area (Å²) in [5.74, 6) is -0.115. The van der Waals surface area contributed by atoms with Crippen molar-refractivity contribution in [1.82, 2.24) is 0 Å². The van der Waals surface area contributed by atoms with Crippen LogP contribution >= 0.6 is 0 Å².